The highest BCUT2D eigenvalue weighted by Gasteiger charge is 2.28. The molecule has 0 rings (SSSR count). The minimum absolute atomic E-state index is 0.232. The summed E-state index contributed by atoms with van der Waals surface area (Å²) in [6, 6.07) is -2.92. The molecule has 3 amide bonds. The second-order valence-corrected chi connectivity index (χ2v) is 7.64. The Morgan fingerprint density at radius 2 is 0.969 bits per heavy atom. The van der Waals surface area contributed by atoms with E-state index in [9.17, 15) is 24.3 Å². The van der Waals surface area contributed by atoms with Gasteiger partial charge in [-0.05, 0) is 77.4 Å². The molecule has 186 valence electrons. The molecule has 32 heavy (non-hydrogen) atoms. The third kappa shape index (κ3) is 13.2. The molecule has 0 aliphatic carbocycles. The van der Waals surface area contributed by atoms with Gasteiger partial charge in [0.25, 0.3) is 0 Å². The zero-order valence-electron chi connectivity index (χ0n) is 18.8. The SMILES string of the molecule is NCCCCC(NC(=O)C(CCCCN)NC(=O)C(CCCCN)NC(=O)CN)C(=O)O. The number of carboxylic acids is 1. The molecule has 0 saturated carbocycles. The molecule has 0 bridgehead atoms. The highest BCUT2D eigenvalue weighted by molar-refractivity contribution is 5.93. The van der Waals surface area contributed by atoms with E-state index in [1.54, 1.807) is 0 Å². The van der Waals surface area contributed by atoms with Gasteiger partial charge in [-0.25, -0.2) is 4.79 Å². The van der Waals surface area contributed by atoms with Gasteiger partial charge in [0.2, 0.25) is 17.7 Å². The first-order valence-corrected chi connectivity index (χ1v) is 11.2. The van der Waals surface area contributed by atoms with Crippen LogP contribution < -0.4 is 38.9 Å². The third-order valence-corrected chi connectivity index (χ3v) is 4.93. The maximum atomic E-state index is 12.8. The van der Waals surface area contributed by atoms with Crippen molar-refractivity contribution in [2.24, 2.45) is 22.9 Å². The molecule has 0 aromatic carbocycles. The first-order valence-electron chi connectivity index (χ1n) is 11.2. The quantitative estimate of drug-likeness (QED) is 0.0984. The van der Waals surface area contributed by atoms with Crippen molar-refractivity contribution in [3.8, 4) is 0 Å². The highest BCUT2D eigenvalue weighted by atomic mass is 16.4. The second-order valence-electron chi connectivity index (χ2n) is 7.64. The van der Waals surface area contributed by atoms with E-state index < -0.39 is 41.8 Å². The normalized spacial score (nSPS) is 13.6. The van der Waals surface area contributed by atoms with Gasteiger partial charge >= 0.3 is 5.97 Å². The lowest BCUT2D eigenvalue weighted by Gasteiger charge is -2.24. The van der Waals surface area contributed by atoms with Gasteiger partial charge in [0.15, 0.2) is 0 Å². The summed E-state index contributed by atoms with van der Waals surface area (Å²) in [5.41, 5.74) is 21.8. The van der Waals surface area contributed by atoms with Crippen molar-refractivity contribution in [2.45, 2.75) is 75.9 Å². The van der Waals surface area contributed by atoms with E-state index in [0.29, 0.717) is 64.6 Å². The molecule has 0 aliphatic rings. The minimum atomic E-state index is -1.16. The third-order valence-electron chi connectivity index (χ3n) is 4.93. The Hall–Kier alpha value is -2.28. The van der Waals surface area contributed by atoms with Crippen molar-refractivity contribution in [2.75, 3.05) is 26.2 Å². The van der Waals surface area contributed by atoms with Gasteiger partial charge < -0.3 is 44.0 Å². The van der Waals surface area contributed by atoms with Gasteiger partial charge in [0, 0.05) is 0 Å². The van der Waals surface area contributed by atoms with Gasteiger partial charge in [0.1, 0.15) is 18.1 Å². The van der Waals surface area contributed by atoms with E-state index >= 15 is 0 Å². The van der Waals surface area contributed by atoms with E-state index in [2.05, 4.69) is 16.0 Å². The summed E-state index contributed by atoms with van der Waals surface area (Å²) < 4.78 is 0. The predicted molar refractivity (Wildman–Crippen MR) is 121 cm³/mol. The van der Waals surface area contributed by atoms with E-state index in [1.807, 2.05) is 0 Å². The number of hydrogen-bond acceptors (Lipinski definition) is 8. The van der Waals surface area contributed by atoms with Crippen LogP contribution in [0.4, 0.5) is 0 Å². The summed E-state index contributed by atoms with van der Waals surface area (Å²) in [6.45, 7) is 1.03. The summed E-state index contributed by atoms with van der Waals surface area (Å²) in [4.78, 5) is 48.9. The van der Waals surface area contributed by atoms with Crippen molar-refractivity contribution in [3.63, 3.8) is 0 Å². The largest absolute Gasteiger partial charge is 0.480 e. The first-order chi connectivity index (χ1) is 15.3. The Morgan fingerprint density at radius 3 is 1.34 bits per heavy atom. The zero-order valence-corrected chi connectivity index (χ0v) is 18.8. The molecule has 0 radical (unpaired) electrons. The van der Waals surface area contributed by atoms with Crippen LogP contribution in [0.3, 0.4) is 0 Å². The Bertz CT molecular complexity index is 577. The first kappa shape index (κ1) is 29.7. The maximum Gasteiger partial charge on any atom is 0.326 e. The monoisotopic (exact) mass is 459 g/mol. The molecule has 12 heteroatoms. The molecule has 12 nitrogen and oxygen atoms in total. The number of carbonyl (C=O) groups is 4. The number of amides is 3. The molecule has 3 atom stereocenters. The molecule has 12 N–H and O–H groups in total. The lowest BCUT2D eigenvalue weighted by Crippen LogP contribution is -2.56. The highest BCUT2D eigenvalue weighted by Crippen LogP contribution is 2.07. The van der Waals surface area contributed by atoms with E-state index in [1.165, 1.54) is 0 Å². The van der Waals surface area contributed by atoms with Crippen molar-refractivity contribution < 1.29 is 24.3 Å². The fourth-order valence-electron chi connectivity index (χ4n) is 3.07. The summed E-state index contributed by atoms with van der Waals surface area (Å²) >= 11 is 0. The molecule has 0 spiro atoms. The summed E-state index contributed by atoms with van der Waals surface area (Å²) in [6.07, 6.45) is 4.52. The van der Waals surface area contributed by atoms with Crippen LogP contribution in [0, 0.1) is 0 Å². The molecule has 0 aromatic heterocycles. The zero-order chi connectivity index (χ0) is 24.4. The average Bonchev–Trinajstić information content (AvgIpc) is 2.76. The van der Waals surface area contributed by atoms with E-state index in [4.69, 9.17) is 22.9 Å². The fourth-order valence-corrected chi connectivity index (χ4v) is 3.07. The van der Waals surface area contributed by atoms with Gasteiger partial charge in [-0.3, -0.25) is 14.4 Å². The van der Waals surface area contributed by atoms with Crippen LogP contribution in [0.15, 0.2) is 0 Å². The van der Waals surface area contributed by atoms with Crippen molar-refractivity contribution in [1.29, 1.82) is 0 Å². The lowest BCUT2D eigenvalue weighted by atomic mass is 10.0. The number of nitrogens with one attached hydrogen (secondary N) is 3. The van der Waals surface area contributed by atoms with Gasteiger partial charge in [-0.1, -0.05) is 0 Å². The molecule has 0 aliphatic heterocycles. The number of nitrogens with two attached hydrogens (primary N) is 4. The molecule has 0 aromatic rings. The van der Waals surface area contributed by atoms with Crippen molar-refractivity contribution >= 4 is 23.7 Å². The Kier molecular flexibility index (Phi) is 17.0. The summed E-state index contributed by atoms with van der Waals surface area (Å²) in [5.74, 6) is -2.78. The lowest BCUT2D eigenvalue weighted by molar-refractivity contribution is -0.142. The van der Waals surface area contributed by atoms with E-state index in [-0.39, 0.29) is 19.4 Å². The van der Waals surface area contributed by atoms with E-state index in [0.717, 1.165) is 0 Å². The minimum Gasteiger partial charge on any atom is -0.480 e. The van der Waals surface area contributed by atoms with Gasteiger partial charge in [-0.2, -0.15) is 0 Å². The summed E-state index contributed by atoms with van der Waals surface area (Å²) in [7, 11) is 0. The Balaban J connectivity index is 5.27. The predicted octanol–water partition coefficient (Wildman–Crippen LogP) is -2.13. The van der Waals surface area contributed by atoms with Crippen LogP contribution in [0.5, 0.6) is 0 Å². The molecule has 0 heterocycles. The average molecular weight is 460 g/mol. The molecule has 0 fully saturated rings. The number of carbonyl (C=O) groups excluding carboxylic acids is 3. The van der Waals surface area contributed by atoms with Crippen molar-refractivity contribution in [3.05, 3.63) is 0 Å². The van der Waals surface area contributed by atoms with Crippen LogP contribution in [-0.2, 0) is 19.2 Å². The topological polar surface area (TPSA) is 229 Å². The van der Waals surface area contributed by atoms with Gasteiger partial charge in [-0.15, -0.1) is 0 Å². The number of carboxylic acid groups (broad SMARTS) is 1. The molecular weight excluding hydrogens is 418 g/mol. The number of hydrogen-bond donors (Lipinski definition) is 8. The summed E-state index contributed by atoms with van der Waals surface area (Å²) in [5, 5.41) is 17.1. The fraction of sp³-hybridized carbons (Fsp3) is 0.800. The maximum absolute atomic E-state index is 12.8. The van der Waals surface area contributed by atoms with Crippen LogP contribution in [0.2, 0.25) is 0 Å². The molecular formula is C20H41N7O5. The standard InChI is InChI=1S/C20H41N7O5/c21-10-4-1-7-14(25-17(28)13-24)18(29)26-15(8-2-5-11-22)19(30)27-16(20(31)32)9-3-6-12-23/h14-16H,1-13,21-24H2,(H,25,28)(H,26,29)(H,27,30)(H,31,32). The number of rotatable bonds is 19. The van der Waals surface area contributed by atoms with Crippen LogP contribution >= 0.6 is 0 Å². The number of unbranched alkanes of at least 4 members (excludes halogenated alkanes) is 3. The van der Waals surface area contributed by atoms with Crippen LogP contribution in [-0.4, -0.2) is 73.1 Å². The smallest absolute Gasteiger partial charge is 0.326 e. The van der Waals surface area contributed by atoms with Crippen molar-refractivity contribution in [1.82, 2.24) is 16.0 Å². The second kappa shape index (κ2) is 18.3. The van der Waals surface area contributed by atoms with Crippen LogP contribution in [0.25, 0.3) is 0 Å². The molecule has 3 unspecified atom stereocenters. The Labute approximate surface area is 189 Å². The van der Waals surface area contributed by atoms with Gasteiger partial charge in [0.05, 0.1) is 6.54 Å². The molecule has 0 saturated heterocycles. The Morgan fingerprint density at radius 1 is 0.594 bits per heavy atom. The number of aliphatic carboxylic acids is 1. The van der Waals surface area contributed by atoms with Crippen LogP contribution in [0.1, 0.15) is 57.8 Å².